The summed E-state index contributed by atoms with van der Waals surface area (Å²) >= 11 is 0. The van der Waals surface area contributed by atoms with E-state index in [2.05, 4.69) is 31.7 Å². The molecule has 1 unspecified atom stereocenters. The Morgan fingerprint density at radius 1 is 1.16 bits per heavy atom. The first kappa shape index (κ1) is 27.9. The minimum atomic E-state index is -0.226. The molecular weight excluding hydrogens is 478 g/mol. The number of anilines is 1. The lowest BCUT2D eigenvalue weighted by molar-refractivity contribution is -0.134. The van der Waals surface area contributed by atoms with E-state index in [-0.39, 0.29) is 18.0 Å². The molecule has 1 aliphatic carbocycles. The summed E-state index contributed by atoms with van der Waals surface area (Å²) in [6.07, 6.45) is 11.9. The van der Waals surface area contributed by atoms with Crippen LogP contribution in [0.25, 0.3) is 0 Å². The van der Waals surface area contributed by atoms with Gasteiger partial charge in [0.15, 0.2) is 0 Å². The van der Waals surface area contributed by atoms with E-state index < -0.39 is 0 Å². The average Bonchev–Trinajstić information content (AvgIpc) is 3.36. The largest absolute Gasteiger partial charge is 0.357 e. The van der Waals surface area contributed by atoms with Crippen LogP contribution in [0.1, 0.15) is 77.2 Å². The second-order valence-corrected chi connectivity index (χ2v) is 10.5. The number of likely N-dealkylation sites (tertiary alicyclic amines) is 1. The van der Waals surface area contributed by atoms with Crippen LogP contribution >= 0.6 is 0 Å². The van der Waals surface area contributed by atoms with Crippen LogP contribution in [0.5, 0.6) is 0 Å². The monoisotopic (exact) mass is 521 g/mol. The minimum Gasteiger partial charge on any atom is -0.357 e. The molecule has 0 bridgehead atoms. The van der Waals surface area contributed by atoms with Crippen LogP contribution in [0.15, 0.2) is 29.6 Å². The van der Waals surface area contributed by atoms with Crippen LogP contribution in [0.2, 0.25) is 0 Å². The molecule has 5 rings (SSSR count). The number of nitrogens with zero attached hydrogens (tertiary/aromatic N) is 5. The van der Waals surface area contributed by atoms with Crippen molar-refractivity contribution in [2.75, 3.05) is 37.6 Å². The molecule has 1 aromatic rings. The van der Waals surface area contributed by atoms with Crippen molar-refractivity contribution in [2.24, 2.45) is 5.92 Å². The molecule has 1 atom stereocenters. The van der Waals surface area contributed by atoms with E-state index in [1.165, 1.54) is 17.7 Å². The van der Waals surface area contributed by atoms with Gasteiger partial charge < -0.3 is 20.1 Å². The van der Waals surface area contributed by atoms with Crippen molar-refractivity contribution >= 4 is 18.1 Å². The standard InChI is InChI=1S/C27H37N7O2.C2H6/c28-18-21-5-11-29-25(17-21)32-12-6-20(7-13-32)8-16-34-24-4-2-1-3-23(24)26(31-34)27(36)33-14-9-22(10-15-33)30-19-35;1-2/h5,11,17,19-20,22,26,31H,1-4,6-10,12-16H2,(H,30,35);1-2H3. The Bertz CT molecular complexity index is 1020. The molecule has 0 aromatic carbocycles. The van der Waals surface area contributed by atoms with E-state index >= 15 is 0 Å². The molecule has 4 aliphatic rings. The lowest BCUT2D eigenvalue weighted by Crippen LogP contribution is -2.52. The molecule has 9 nitrogen and oxygen atoms in total. The minimum absolute atomic E-state index is 0.182. The third-order valence-corrected chi connectivity index (χ3v) is 8.37. The van der Waals surface area contributed by atoms with E-state index in [4.69, 9.17) is 5.26 Å². The van der Waals surface area contributed by atoms with Gasteiger partial charge in [-0.15, -0.1) is 0 Å². The summed E-state index contributed by atoms with van der Waals surface area (Å²) in [4.78, 5) is 32.9. The SMILES string of the molecule is CC.N#Cc1ccnc(N2CCC(CCN3NC(C(=O)N4CCC(NC=O)CC4)C4=C3CCCC4)CC2)c1. The quantitative estimate of drug-likeness (QED) is 0.530. The second-order valence-electron chi connectivity index (χ2n) is 10.5. The Hall–Kier alpha value is -3.12. The highest BCUT2D eigenvalue weighted by Crippen LogP contribution is 2.35. The highest BCUT2D eigenvalue weighted by atomic mass is 16.2. The molecule has 2 saturated heterocycles. The highest BCUT2D eigenvalue weighted by Gasteiger charge is 2.39. The number of amides is 2. The first-order valence-corrected chi connectivity index (χ1v) is 14.5. The van der Waals surface area contributed by atoms with Crippen molar-refractivity contribution in [3.8, 4) is 6.07 Å². The smallest absolute Gasteiger partial charge is 0.245 e. The van der Waals surface area contributed by atoms with Gasteiger partial charge in [-0.05, 0) is 81.4 Å². The molecule has 3 aliphatic heterocycles. The van der Waals surface area contributed by atoms with Crippen LogP contribution in [0, 0.1) is 17.2 Å². The summed E-state index contributed by atoms with van der Waals surface area (Å²) < 4.78 is 0. The van der Waals surface area contributed by atoms with Crippen molar-refractivity contribution in [1.29, 1.82) is 5.26 Å². The van der Waals surface area contributed by atoms with Gasteiger partial charge in [0.25, 0.3) is 0 Å². The molecule has 2 N–H and O–H groups in total. The van der Waals surface area contributed by atoms with Gasteiger partial charge in [0.05, 0.1) is 11.6 Å². The zero-order valence-electron chi connectivity index (χ0n) is 23.0. The second kappa shape index (κ2) is 13.6. The van der Waals surface area contributed by atoms with E-state index in [0.29, 0.717) is 24.6 Å². The first-order valence-electron chi connectivity index (χ1n) is 14.5. The van der Waals surface area contributed by atoms with Gasteiger partial charge in [-0.2, -0.15) is 5.26 Å². The summed E-state index contributed by atoms with van der Waals surface area (Å²) in [5.41, 5.74) is 6.91. The summed E-state index contributed by atoms with van der Waals surface area (Å²) in [6, 6.07) is 5.79. The number of hydrazine groups is 1. The maximum atomic E-state index is 13.5. The number of allylic oxidation sites excluding steroid dienone is 1. The van der Waals surface area contributed by atoms with Crippen molar-refractivity contribution < 1.29 is 9.59 Å². The molecule has 2 fully saturated rings. The summed E-state index contributed by atoms with van der Waals surface area (Å²) in [6.45, 7) is 8.26. The Labute approximate surface area is 227 Å². The Balaban J connectivity index is 0.00000164. The van der Waals surface area contributed by atoms with E-state index in [9.17, 15) is 9.59 Å². The lowest BCUT2D eigenvalue weighted by atomic mass is 9.91. The van der Waals surface area contributed by atoms with Gasteiger partial charge >= 0.3 is 0 Å². The van der Waals surface area contributed by atoms with Gasteiger partial charge in [-0.1, -0.05) is 13.8 Å². The number of pyridine rings is 1. The molecule has 0 spiro atoms. The number of aromatic nitrogens is 1. The Morgan fingerprint density at radius 3 is 2.61 bits per heavy atom. The first-order chi connectivity index (χ1) is 18.7. The molecule has 0 saturated carbocycles. The Morgan fingerprint density at radius 2 is 1.89 bits per heavy atom. The fourth-order valence-corrected chi connectivity index (χ4v) is 6.22. The van der Waals surface area contributed by atoms with E-state index in [1.54, 1.807) is 12.3 Å². The van der Waals surface area contributed by atoms with Gasteiger partial charge in [0, 0.05) is 50.7 Å². The predicted octanol–water partition coefficient (Wildman–Crippen LogP) is 3.34. The van der Waals surface area contributed by atoms with E-state index in [1.807, 2.05) is 24.8 Å². The van der Waals surface area contributed by atoms with Crippen molar-refractivity contribution in [3.63, 3.8) is 0 Å². The van der Waals surface area contributed by atoms with Gasteiger partial charge in [0.1, 0.15) is 11.9 Å². The maximum absolute atomic E-state index is 13.5. The third kappa shape index (κ3) is 6.47. The van der Waals surface area contributed by atoms with Crippen LogP contribution < -0.4 is 15.6 Å². The van der Waals surface area contributed by atoms with Crippen molar-refractivity contribution in [3.05, 3.63) is 35.2 Å². The molecule has 206 valence electrons. The number of hydrogen-bond donors (Lipinski definition) is 2. The molecule has 9 heteroatoms. The lowest BCUT2D eigenvalue weighted by Gasteiger charge is -2.35. The number of rotatable bonds is 7. The number of nitrogens with one attached hydrogen (secondary N) is 2. The zero-order chi connectivity index (χ0) is 26.9. The normalized spacial score (nSPS) is 22.3. The summed E-state index contributed by atoms with van der Waals surface area (Å²) in [5, 5.41) is 14.3. The molecular formula is C29H43N7O2. The van der Waals surface area contributed by atoms with Gasteiger partial charge in [-0.25, -0.2) is 10.4 Å². The number of carbonyl (C=O) groups excluding carboxylic acids is 2. The van der Waals surface area contributed by atoms with Crippen LogP contribution in [-0.2, 0) is 9.59 Å². The molecule has 38 heavy (non-hydrogen) atoms. The molecule has 4 heterocycles. The number of carbonyl (C=O) groups is 2. The number of nitriles is 1. The van der Waals surface area contributed by atoms with Crippen LogP contribution in [0.3, 0.4) is 0 Å². The number of piperidine rings is 2. The van der Waals surface area contributed by atoms with Gasteiger partial charge in [0.2, 0.25) is 12.3 Å². The third-order valence-electron chi connectivity index (χ3n) is 8.37. The molecule has 2 amide bonds. The van der Waals surface area contributed by atoms with Crippen LogP contribution in [-0.4, -0.2) is 72.0 Å². The molecule has 1 aromatic heterocycles. The highest BCUT2D eigenvalue weighted by molar-refractivity contribution is 5.86. The molecule has 0 radical (unpaired) electrons. The topological polar surface area (TPSA) is 105 Å². The fourth-order valence-electron chi connectivity index (χ4n) is 6.22. The Kier molecular flexibility index (Phi) is 9.99. The van der Waals surface area contributed by atoms with Crippen molar-refractivity contribution in [1.82, 2.24) is 25.6 Å². The average molecular weight is 522 g/mol. The summed E-state index contributed by atoms with van der Waals surface area (Å²) in [5.74, 6) is 1.74. The number of hydrogen-bond acceptors (Lipinski definition) is 7. The predicted molar refractivity (Wildman–Crippen MR) is 148 cm³/mol. The summed E-state index contributed by atoms with van der Waals surface area (Å²) in [7, 11) is 0. The fraction of sp³-hybridized carbons (Fsp3) is 0.655. The van der Waals surface area contributed by atoms with Crippen LogP contribution in [0.4, 0.5) is 5.82 Å². The van der Waals surface area contributed by atoms with E-state index in [0.717, 1.165) is 83.2 Å². The maximum Gasteiger partial charge on any atom is 0.245 e. The zero-order valence-corrected chi connectivity index (χ0v) is 23.0. The van der Waals surface area contributed by atoms with Gasteiger partial charge in [-0.3, -0.25) is 9.59 Å². The van der Waals surface area contributed by atoms with Crippen molar-refractivity contribution in [2.45, 2.75) is 83.7 Å².